The van der Waals surface area contributed by atoms with Gasteiger partial charge in [-0.3, -0.25) is 4.99 Å². The molecule has 2 aromatic heterocycles. The van der Waals surface area contributed by atoms with Gasteiger partial charge in [0.2, 0.25) is 0 Å². The molecular formula is C25H33N3O. The van der Waals surface area contributed by atoms with Crippen LogP contribution in [0.5, 0.6) is 5.75 Å². The van der Waals surface area contributed by atoms with E-state index in [0.717, 1.165) is 34.9 Å². The van der Waals surface area contributed by atoms with E-state index in [1.54, 1.807) is 0 Å². The molecule has 4 nitrogen and oxygen atoms in total. The first-order valence-corrected chi connectivity index (χ1v) is 11.3. The monoisotopic (exact) mass is 391 g/mol. The topological polar surface area (TPSA) is 53.2 Å². The van der Waals surface area contributed by atoms with Crippen molar-refractivity contribution in [1.29, 1.82) is 0 Å². The Morgan fingerprint density at radius 3 is 2.86 bits per heavy atom. The molecule has 2 N–H and O–H groups in total. The fourth-order valence-electron chi connectivity index (χ4n) is 4.54. The normalized spacial score (nSPS) is 21.2. The van der Waals surface area contributed by atoms with E-state index in [0.29, 0.717) is 12.5 Å². The number of H-pyrrole nitrogens is 2. The average molecular weight is 392 g/mol. The lowest BCUT2D eigenvalue weighted by Crippen LogP contribution is -2.06. The molecule has 2 aromatic rings. The predicted octanol–water partition coefficient (Wildman–Crippen LogP) is 6.90. The van der Waals surface area contributed by atoms with E-state index in [2.05, 4.69) is 41.2 Å². The van der Waals surface area contributed by atoms with Crippen LogP contribution in [-0.2, 0) is 0 Å². The molecule has 2 bridgehead atoms. The lowest BCUT2D eigenvalue weighted by molar-refractivity contribution is 0.340. The van der Waals surface area contributed by atoms with E-state index in [4.69, 9.17) is 9.73 Å². The minimum Gasteiger partial charge on any atom is -0.492 e. The smallest absolute Gasteiger partial charge is 0.144 e. The van der Waals surface area contributed by atoms with Crippen LogP contribution in [0, 0.1) is 5.92 Å². The Hall–Kier alpha value is -2.49. The Kier molecular flexibility index (Phi) is 6.38. The van der Waals surface area contributed by atoms with Gasteiger partial charge in [0.1, 0.15) is 5.75 Å². The van der Waals surface area contributed by atoms with Crippen LogP contribution >= 0.6 is 0 Å². The molecule has 0 radical (unpaired) electrons. The lowest BCUT2D eigenvalue weighted by Gasteiger charge is -2.19. The number of aromatic amines is 2. The summed E-state index contributed by atoms with van der Waals surface area (Å²) in [4.78, 5) is 11.9. The molecule has 3 heterocycles. The fourth-order valence-corrected chi connectivity index (χ4v) is 4.54. The summed E-state index contributed by atoms with van der Waals surface area (Å²) in [6, 6.07) is 6.17. The van der Waals surface area contributed by atoms with Crippen LogP contribution in [0.25, 0.3) is 17.5 Å². The Morgan fingerprint density at radius 2 is 2.07 bits per heavy atom. The van der Waals surface area contributed by atoms with Gasteiger partial charge in [-0.1, -0.05) is 32.6 Å². The van der Waals surface area contributed by atoms with Gasteiger partial charge < -0.3 is 14.7 Å². The van der Waals surface area contributed by atoms with Gasteiger partial charge in [-0.05, 0) is 68.4 Å². The van der Waals surface area contributed by atoms with E-state index in [1.165, 1.54) is 56.2 Å². The number of aromatic nitrogens is 2. The third-order valence-corrected chi connectivity index (χ3v) is 5.97. The molecule has 0 saturated heterocycles. The number of nitrogens with one attached hydrogen (secondary N) is 2. The third kappa shape index (κ3) is 4.58. The highest BCUT2D eigenvalue weighted by molar-refractivity contribution is 6.00. The largest absolute Gasteiger partial charge is 0.492 e. The second-order valence-electron chi connectivity index (χ2n) is 8.15. The molecule has 0 spiro atoms. The number of hydrogen-bond acceptors (Lipinski definition) is 2. The molecule has 1 atom stereocenters. The average Bonchev–Trinajstić information content (AvgIpc) is 3.45. The molecule has 1 aliphatic carbocycles. The Labute approximate surface area is 174 Å². The molecule has 2 aliphatic rings. The number of ether oxygens (including phenoxy) is 1. The molecule has 0 fully saturated rings. The first-order valence-electron chi connectivity index (χ1n) is 11.3. The van der Waals surface area contributed by atoms with Crippen molar-refractivity contribution in [3.63, 3.8) is 0 Å². The summed E-state index contributed by atoms with van der Waals surface area (Å²) in [6.07, 6.45) is 16.6. The Balaban J connectivity index is 1.71. The van der Waals surface area contributed by atoms with Crippen molar-refractivity contribution in [2.75, 3.05) is 6.61 Å². The van der Waals surface area contributed by atoms with Crippen LogP contribution in [0.3, 0.4) is 0 Å². The quantitative estimate of drug-likeness (QED) is 0.553. The van der Waals surface area contributed by atoms with E-state index in [1.807, 2.05) is 19.2 Å². The highest BCUT2D eigenvalue weighted by Crippen LogP contribution is 2.37. The first kappa shape index (κ1) is 19.8. The van der Waals surface area contributed by atoms with Crippen LogP contribution in [0.4, 0.5) is 0 Å². The van der Waals surface area contributed by atoms with Crippen LogP contribution in [0.15, 0.2) is 46.7 Å². The van der Waals surface area contributed by atoms with E-state index in [9.17, 15) is 0 Å². The van der Waals surface area contributed by atoms with Crippen molar-refractivity contribution >= 4 is 11.8 Å². The number of hydrogen-bond donors (Lipinski definition) is 2. The number of allylic oxidation sites excluding steroid dienone is 2. The third-order valence-electron chi connectivity index (χ3n) is 5.97. The summed E-state index contributed by atoms with van der Waals surface area (Å²) >= 11 is 0. The second kappa shape index (κ2) is 9.34. The van der Waals surface area contributed by atoms with Gasteiger partial charge in [-0.15, -0.1) is 0 Å². The van der Waals surface area contributed by atoms with Gasteiger partial charge in [0.25, 0.3) is 0 Å². The second-order valence-corrected chi connectivity index (χ2v) is 8.15. The first-order chi connectivity index (χ1) is 14.3. The van der Waals surface area contributed by atoms with Gasteiger partial charge in [0.15, 0.2) is 0 Å². The van der Waals surface area contributed by atoms with Crippen LogP contribution in [-0.4, -0.2) is 22.3 Å². The van der Waals surface area contributed by atoms with Crippen molar-refractivity contribution in [2.24, 2.45) is 10.9 Å². The molecule has 4 rings (SSSR count). The van der Waals surface area contributed by atoms with Gasteiger partial charge in [-0.25, -0.2) is 0 Å². The number of rotatable bonds is 6. The van der Waals surface area contributed by atoms with Crippen molar-refractivity contribution in [1.82, 2.24) is 9.97 Å². The fraction of sp³-hybridized carbons (Fsp3) is 0.480. The SMILES string of the molecule is CCCC1CCCCCCC2=NC(=Cc3[nH]c(-c4ccc[nH]4)cc3OCC)C1=C2. The summed E-state index contributed by atoms with van der Waals surface area (Å²) in [5.41, 5.74) is 6.93. The maximum atomic E-state index is 5.94. The summed E-state index contributed by atoms with van der Waals surface area (Å²) in [6.45, 7) is 4.97. The highest BCUT2D eigenvalue weighted by atomic mass is 16.5. The van der Waals surface area contributed by atoms with Crippen molar-refractivity contribution < 1.29 is 4.74 Å². The van der Waals surface area contributed by atoms with Gasteiger partial charge in [0.05, 0.1) is 29.4 Å². The van der Waals surface area contributed by atoms with Crippen LogP contribution < -0.4 is 4.74 Å². The Morgan fingerprint density at radius 1 is 1.17 bits per heavy atom. The molecule has 154 valence electrons. The van der Waals surface area contributed by atoms with E-state index >= 15 is 0 Å². The number of fused-ring (bicyclic) bond motifs is 1. The zero-order valence-corrected chi connectivity index (χ0v) is 17.8. The summed E-state index contributed by atoms with van der Waals surface area (Å²) in [5.74, 6) is 1.50. The van der Waals surface area contributed by atoms with Crippen molar-refractivity contribution in [3.05, 3.63) is 47.4 Å². The Bertz CT molecular complexity index is 899. The molecule has 4 heteroatoms. The van der Waals surface area contributed by atoms with E-state index in [-0.39, 0.29) is 0 Å². The van der Waals surface area contributed by atoms with Gasteiger partial charge in [-0.2, -0.15) is 0 Å². The zero-order valence-electron chi connectivity index (χ0n) is 17.8. The number of nitrogens with zero attached hydrogens (tertiary/aromatic N) is 1. The van der Waals surface area contributed by atoms with Crippen molar-refractivity contribution in [3.8, 4) is 17.1 Å². The lowest BCUT2D eigenvalue weighted by atomic mass is 9.86. The molecule has 29 heavy (non-hydrogen) atoms. The van der Waals surface area contributed by atoms with Crippen molar-refractivity contribution in [2.45, 2.75) is 65.2 Å². The molecule has 0 amide bonds. The molecule has 0 aromatic carbocycles. The summed E-state index contributed by atoms with van der Waals surface area (Å²) < 4.78 is 5.94. The highest BCUT2D eigenvalue weighted by Gasteiger charge is 2.24. The molecular weight excluding hydrogens is 358 g/mol. The minimum atomic E-state index is 0.610. The predicted molar refractivity (Wildman–Crippen MR) is 121 cm³/mol. The van der Waals surface area contributed by atoms with E-state index < -0.39 is 0 Å². The van der Waals surface area contributed by atoms with Crippen LogP contribution in [0.2, 0.25) is 0 Å². The zero-order chi connectivity index (χ0) is 20.1. The van der Waals surface area contributed by atoms with Crippen LogP contribution in [0.1, 0.15) is 70.9 Å². The summed E-state index contributed by atoms with van der Waals surface area (Å²) in [5, 5.41) is 0. The maximum Gasteiger partial charge on any atom is 0.144 e. The maximum absolute atomic E-state index is 5.94. The van der Waals surface area contributed by atoms with Gasteiger partial charge in [0, 0.05) is 18.0 Å². The number of aliphatic imine (C=N–C) groups is 1. The summed E-state index contributed by atoms with van der Waals surface area (Å²) in [7, 11) is 0. The standard InChI is InChI=1S/C25H33N3O/c1-3-10-18-11-7-5-6-8-12-19-15-20(18)22(27-19)16-24-25(29-4-2)17-23(28-24)21-13-9-14-26-21/h9,13-18,26,28H,3-8,10-12H2,1-2H3. The molecule has 1 aliphatic heterocycles. The minimum absolute atomic E-state index is 0.610. The molecule has 0 saturated carbocycles. The van der Waals surface area contributed by atoms with Gasteiger partial charge >= 0.3 is 0 Å². The molecule has 1 unspecified atom stereocenters.